The number of hydrogen-bond donors (Lipinski definition) is 1. The van der Waals surface area contributed by atoms with E-state index in [0.29, 0.717) is 54.4 Å². The molecule has 10 nitrogen and oxygen atoms in total. The van der Waals surface area contributed by atoms with Crippen molar-refractivity contribution < 1.29 is 9.47 Å². The van der Waals surface area contributed by atoms with Crippen LogP contribution in [-0.4, -0.2) is 45.3 Å². The number of imidazole rings is 1. The molecule has 2 aromatic heterocycles. The van der Waals surface area contributed by atoms with E-state index in [1.807, 2.05) is 18.2 Å². The van der Waals surface area contributed by atoms with Gasteiger partial charge in [0.1, 0.15) is 0 Å². The van der Waals surface area contributed by atoms with E-state index < -0.39 is 5.69 Å². The number of nitrogens with two attached hydrogens (primary N) is 1. The van der Waals surface area contributed by atoms with Gasteiger partial charge in [-0.15, -0.1) is 0 Å². The zero-order chi connectivity index (χ0) is 21.8. The lowest BCUT2D eigenvalue weighted by atomic mass is 10.1. The number of benzene rings is 1. The molecule has 1 aromatic carbocycles. The lowest BCUT2D eigenvalue weighted by molar-refractivity contribution is 0.354. The fraction of sp³-hybridized carbons (Fsp3) is 0.400. The van der Waals surface area contributed by atoms with Crippen LogP contribution >= 0.6 is 0 Å². The monoisotopic (exact) mass is 414 g/mol. The molecule has 3 rings (SSSR count). The van der Waals surface area contributed by atoms with E-state index in [-0.39, 0.29) is 5.56 Å². The van der Waals surface area contributed by atoms with Crippen LogP contribution in [0.1, 0.15) is 12.0 Å². The third-order valence-electron chi connectivity index (χ3n) is 4.99. The molecule has 2 N–H and O–H groups in total. The molecular formula is C20H26N6O4. The van der Waals surface area contributed by atoms with Crippen LogP contribution in [0.4, 0.5) is 0 Å². The van der Waals surface area contributed by atoms with E-state index in [0.717, 1.165) is 10.1 Å². The number of aromatic nitrogens is 4. The van der Waals surface area contributed by atoms with Crippen LogP contribution in [0.15, 0.2) is 39.1 Å². The van der Waals surface area contributed by atoms with E-state index in [1.165, 1.54) is 11.6 Å². The highest BCUT2D eigenvalue weighted by Gasteiger charge is 2.14. The van der Waals surface area contributed by atoms with Gasteiger partial charge in [0.05, 0.1) is 26.4 Å². The Hall–Kier alpha value is -3.56. The summed E-state index contributed by atoms with van der Waals surface area (Å²) in [6.45, 7) is 0.970. The number of aryl methyl sites for hydroxylation is 2. The van der Waals surface area contributed by atoms with Gasteiger partial charge in [0.2, 0.25) is 0 Å². The molecule has 0 aliphatic carbocycles. The van der Waals surface area contributed by atoms with Crippen molar-refractivity contribution in [3.63, 3.8) is 0 Å². The van der Waals surface area contributed by atoms with Crippen molar-refractivity contribution in [2.45, 2.75) is 19.4 Å². The van der Waals surface area contributed by atoms with Crippen LogP contribution in [-0.2, 0) is 27.1 Å². The normalized spacial score (nSPS) is 11.8. The molecule has 0 saturated carbocycles. The Morgan fingerprint density at radius 1 is 1.13 bits per heavy atom. The Morgan fingerprint density at radius 3 is 2.57 bits per heavy atom. The van der Waals surface area contributed by atoms with Crippen molar-refractivity contribution in [1.82, 2.24) is 18.7 Å². The zero-order valence-corrected chi connectivity index (χ0v) is 17.6. The second-order valence-electron chi connectivity index (χ2n) is 6.88. The van der Waals surface area contributed by atoms with Gasteiger partial charge in [-0.3, -0.25) is 18.9 Å². The minimum atomic E-state index is -0.408. The maximum atomic E-state index is 12.5. The van der Waals surface area contributed by atoms with Gasteiger partial charge < -0.3 is 19.8 Å². The predicted octanol–water partition coefficient (Wildman–Crippen LogP) is 0.441. The molecule has 10 heteroatoms. The van der Waals surface area contributed by atoms with Crippen LogP contribution in [0, 0.1) is 0 Å². The molecule has 0 saturated heterocycles. The summed E-state index contributed by atoms with van der Waals surface area (Å²) in [4.78, 5) is 33.1. The number of ether oxygens (including phenoxy) is 2. The number of rotatable bonds is 8. The number of nitrogens with zero attached hydrogens (tertiary/aromatic N) is 5. The summed E-state index contributed by atoms with van der Waals surface area (Å²) in [6.07, 6.45) is 2.71. The van der Waals surface area contributed by atoms with Crippen molar-refractivity contribution in [3.8, 4) is 11.5 Å². The molecule has 3 aromatic rings. The Bertz CT molecular complexity index is 1200. The third-order valence-corrected chi connectivity index (χ3v) is 4.99. The van der Waals surface area contributed by atoms with Crippen LogP contribution in [0.2, 0.25) is 0 Å². The van der Waals surface area contributed by atoms with Gasteiger partial charge in [0.15, 0.2) is 22.7 Å². The molecule has 0 aliphatic heterocycles. The second kappa shape index (κ2) is 8.85. The van der Waals surface area contributed by atoms with Crippen LogP contribution in [0.25, 0.3) is 11.2 Å². The fourth-order valence-corrected chi connectivity index (χ4v) is 3.25. The van der Waals surface area contributed by atoms with E-state index in [4.69, 9.17) is 15.2 Å². The molecule has 0 spiro atoms. The second-order valence-corrected chi connectivity index (χ2v) is 6.88. The molecular weight excluding hydrogens is 388 g/mol. The van der Waals surface area contributed by atoms with Crippen molar-refractivity contribution in [2.24, 2.45) is 24.8 Å². The summed E-state index contributed by atoms with van der Waals surface area (Å²) < 4.78 is 14.7. The predicted molar refractivity (Wildman–Crippen MR) is 115 cm³/mol. The van der Waals surface area contributed by atoms with E-state index in [1.54, 1.807) is 32.2 Å². The summed E-state index contributed by atoms with van der Waals surface area (Å²) in [6, 6.07) is 5.74. The minimum absolute atomic E-state index is 0.354. The maximum absolute atomic E-state index is 12.5. The average Bonchev–Trinajstić information content (AvgIpc) is 3.18. The van der Waals surface area contributed by atoms with Crippen LogP contribution in [0.3, 0.4) is 0 Å². The van der Waals surface area contributed by atoms with Gasteiger partial charge in [0, 0.05) is 33.6 Å². The van der Waals surface area contributed by atoms with Gasteiger partial charge >= 0.3 is 5.69 Å². The summed E-state index contributed by atoms with van der Waals surface area (Å²) in [5, 5.41) is 0. The molecule has 0 fully saturated rings. The molecule has 0 atom stereocenters. The van der Waals surface area contributed by atoms with Crippen molar-refractivity contribution in [2.75, 3.05) is 20.8 Å². The number of amidine groups is 1. The SMILES string of the molecule is COc1ccc(CCN=C(N)CCn2cnc3c2c(=O)n(C)c(=O)n3C)cc1OC. The number of fused-ring (bicyclic) bond motifs is 1. The summed E-state index contributed by atoms with van der Waals surface area (Å²) in [5.74, 6) is 1.84. The Morgan fingerprint density at radius 2 is 1.87 bits per heavy atom. The number of hydrogen-bond acceptors (Lipinski definition) is 6. The van der Waals surface area contributed by atoms with Crippen molar-refractivity contribution in [1.29, 1.82) is 0 Å². The maximum Gasteiger partial charge on any atom is 0.332 e. The van der Waals surface area contributed by atoms with Gasteiger partial charge in [-0.1, -0.05) is 6.07 Å². The highest BCUT2D eigenvalue weighted by Crippen LogP contribution is 2.27. The van der Waals surface area contributed by atoms with Crippen molar-refractivity contribution in [3.05, 3.63) is 50.9 Å². The molecule has 0 aliphatic rings. The van der Waals surface area contributed by atoms with Crippen molar-refractivity contribution >= 4 is 17.0 Å². The number of aliphatic imine (C=N–C) groups is 1. The first-order valence-corrected chi connectivity index (χ1v) is 9.48. The largest absolute Gasteiger partial charge is 0.493 e. The highest BCUT2D eigenvalue weighted by molar-refractivity contribution is 5.80. The van der Waals surface area contributed by atoms with Crippen LogP contribution in [0.5, 0.6) is 11.5 Å². The van der Waals surface area contributed by atoms with Gasteiger partial charge in [-0.05, 0) is 24.1 Å². The van der Waals surface area contributed by atoms with Gasteiger partial charge in [-0.25, -0.2) is 9.78 Å². The molecule has 0 unspecified atom stereocenters. The fourth-order valence-electron chi connectivity index (χ4n) is 3.25. The lowest BCUT2D eigenvalue weighted by Gasteiger charge is -2.09. The molecule has 160 valence electrons. The molecule has 30 heavy (non-hydrogen) atoms. The van der Waals surface area contributed by atoms with E-state index in [9.17, 15) is 9.59 Å². The molecule has 0 radical (unpaired) electrons. The summed E-state index contributed by atoms with van der Waals surface area (Å²) in [5.41, 5.74) is 7.06. The van der Waals surface area contributed by atoms with Crippen LogP contribution < -0.4 is 26.5 Å². The summed E-state index contributed by atoms with van der Waals surface area (Å²) in [7, 11) is 6.24. The standard InChI is InChI=1S/C20H26N6O4/c1-24-18-17(19(27)25(2)20(24)28)26(12-23-18)10-8-16(21)22-9-7-13-5-6-14(29-3)15(11-13)30-4/h5-6,11-12H,7-10H2,1-4H3,(H2,21,22). The average molecular weight is 414 g/mol. The number of methoxy groups -OCH3 is 2. The molecule has 2 heterocycles. The minimum Gasteiger partial charge on any atom is -0.493 e. The summed E-state index contributed by atoms with van der Waals surface area (Å²) >= 11 is 0. The third kappa shape index (κ3) is 4.07. The van der Waals surface area contributed by atoms with E-state index >= 15 is 0 Å². The quantitative estimate of drug-likeness (QED) is 0.422. The zero-order valence-electron chi connectivity index (χ0n) is 17.6. The topological polar surface area (TPSA) is 119 Å². The van der Waals surface area contributed by atoms with Gasteiger partial charge in [-0.2, -0.15) is 0 Å². The first-order valence-electron chi connectivity index (χ1n) is 9.48. The molecule has 0 bridgehead atoms. The molecule has 0 amide bonds. The first kappa shape index (κ1) is 21.2. The Labute approximate surface area is 173 Å². The Kier molecular flexibility index (Phi) is 6.24. The van der Waals surface area contributed by atoms with Gasteiger partial charge in [0.25, 0.3) is 5.56 Å². The first-order chi connectivity index (χ1) is 14.4. The smallest absolute Gasteiger partial charge is 0.332 e. The van der Waals surface area contributed by atoms with E-state index in [2.05, 4.69) is 9.98 Å². The highest BCUT2D eigenvalue weighted by atomic mass is 16.5. The Balaban J connectivity index is 1.66. The lowest BCUT2D eigenvalue weighted by Crippen LogP contribution is -2.37.